The number of halogens is 3. The molecule has 0 heterocycles. The highest BCUT2D eigenvalue weighted by atomic mass is 127. The van der Waals surface area contributed by atoms with Crippen molar-refractivity contribution >= 4 is 69.0 Å². The zero-order chi connectivity index (χ0) is 16.8. The molecule has 2 amide bonds. The monoisotopic (exact) mass is 555 g/mol. The third-order valence-electron chi connectivity index (χ3n) is 2.71. The molecule has 2 aromatic carbocycles. The van der Waals surface area contributed by atoms with Crippen LogP contribution in [0.4, 0.5) is 4.79 Å². The number of ether oxygens (including phenoxy) is 1. The van der Waals surface area contributed by atoms with Crippen LogP contribution in [0.1, 0.15) is 11.1 Å². The maximum absolute atomic E-state index is 10.6. The third kappa shape index (κ3) is 5.81. The molecule has 5 nitrogen and oxygen atoms in total. The van der Waals surface area contributed by atoms with Crippen LogP contribution >= 0.6 is 56.8 Å². The lowest BCUT2D eigenvalue weighted by Crippen LogP contribution is -2.24. The predicted molar refractivity (Wildman–Crippen MR) is 108 cm³/mol. The molecule has 0 saturated heterocycles. The second kappa shape index (κ2) is 8.69. The van der Waals surface area contributed by atoms with Gasteiger partial charge in [-0.05, 0) is 80.6 Å². The van der Waals surface area contributed by atoms with Gasteiger partial charge in [-0.2, -0.15) is 5.10 Å². The molecule has 120 valence electrons. The highest BCUT2D eigenvalue weighted by Gasteiger charge is 2.09. The zero-order valence-corrected chi connectivity index (χ0v) is 16.8. The Kier molecular flexibility index (Phi) is 6.90. The molecular formula is C15H12ClI2N3O2. The molecule has 3 N–H and O–H groups in total. The van der Waals surface area contributed by atoms with Crippen LogP contribution < -0.4 is 15.9 Å². The number of amides is 2. The number of hydrogen-bond acceptors (Lipinski definition) is 3. The minimum atomic E-state index is -0.700. The van der Waals surface area contributed by atoms with Crippen LogP contribution in [0, 0.1) is 7.14 Å². The van der Waals surface area contributed by atoms with Crippen LogP contribution in [-0.4, -0.2) is 12.2 Å². The fraction of sp³-hybridized carbons (Fsp3) is 0.0667. The molecule has 0 radical (unpaired) electrons. The van der Waals surface area contributed by atoms with Crippen molar-refractivity contribution < 1.29 is 9.53 Å². The number of carbonyl (C=O) groups is 1. The van der Waals surface area contributed by atoms with E-state index in [4.69, 9.17) is 22.1 Å². The topological polar surface area (TPSA) is 76.7 Å². The summed E-state index contributed by atoms with van der Waals surface area (Å²) in [5, 5.41) is 4.45. The van der Waals surface area contributed by atoms with E-state index in [2.05, 4.69) is 55.7 Å². The van der Waals surface area contributed by atoms with Crippen molar-refractivity contribution in [3.8, 4) is 5.75 Å². The first-order chi connectivity index (χ1) is 11.0. The standard InChI is InChI=1S/C15H12ClI2N3O2/c16-11-3-1-9(2-4-11)8-23-14-12(17)5-10(6-13(14)18)7-20-21-15(19)22/h1-7H,8H2,(H3,19,21,22)/b20-7-. The number of carbonyl (C=O) groups excluding carboxylic acids is 1. The molecular weight excluding hydrogens is 543 g/mol. The van der Waals surface area contributed by atoms with Crippen molar-refractivity contribution in [2.75, 3.05) is 0 Å². The van der Waals surface area contributed by atoms with Gasteiger partial charge in [0.15, 0.2) is 0 Å². The summed E-state index contributed by atoms with van der Waals surface area (Å²) in [5.41, 5.74) is 8.99. The first kappa shape index (κ1) is 18.3. The van der Waals surface area contributed by atoms with Gasteiger partial charge >= 0.3 is 6.03 Å². The molecule has 0 bridgehead atoms. The normalized spacial score (nSPS) is 10.7. The van der Waals surface area contributed by atoms with Gasteiger partial charge in [-0.1, -0.05) is 23.7 Å². The van der Waals surface area contributed by atoms with Crippen molar-refractivity contribution in [2.24, 2.45) is 10.8 Å². The molecule has 8 heteroatoms. The van der Waals surface area contributed by atoms with Crippen LogP contribution in [0.5, 0.6) is 5.75 Å². The van der Waals surface area contributed by atoms with Gasteiger partial charge in [0.2, 0.25) is 0 Å². The third-order valence-corrected chi connectivity index (χ3v) is 4.56. The van der Waals surface area contributed by atoms with Crippen LogP contribution in [0.15, 0.2) is 41.5 Å². The van der Waals surface area contributed by atoms with E-state index in [9.17, 15) is 4.79 Å². The Bertz CT molecular complexity index is 713. The Balaban J connectivity index is 2.09. The van der Waals surface area contributed by atoms with Crippen LogP contribution in [0.3, 0.4) is 0 Å². The van der Waals surface area contributed by atoms with Gasteiger partial charge in [0.05, 0.1) is 13.4 Å². The molecule has 0 aliphatic heterocycles. The summed E-state index contributed by atoms with van der Waals surface area (Å²) in [7, 11) is 0. The molecule has 2 aromatic rings. The molecule has 0 aliphatic carbocycles. The van der Waals surface area contributed by atoms with Gasteiger partial charge < -0.3 is 10.5 Å². The highest BCUT2D eigenvalue weighted by Crippen LogP contribution is 2.29. The Hall–Kier alpha value is -1.07. The SMILES string of the molecule is NC(=O)N/N=C\c1cc(I)c(OCc2ccc(Cl)cc2)c(I)c1. The summed E-state index contributed by atoms with van der Waals surface area (Å²) in [6.45, 7) is 0.458. The van der Waals surface area contributed by atoms with E-state index in [1.165, 1.54) is 6.21 Å². The summed E-state index contributed by atoms with van der Waals surface area (Å²) < 4.78 is 7.80. The van der Waals surface area contributed by atoms with E-state index in [1.54, 1.807) is 0 Å². The minimum Gasteiger partial charge on any atom is -0.487 e. The van der Waals surface area contributed by atoms with Gasteiger partial charge in [0.1, 0.15) is 12.4 Å². The van der Waals surface area contributed by atoms with Crippen LogP contribution in [-0.2, 0) is 6.61 Å². The molecule has 0 fully saturated rings. The van der Waals surface area contributed by atoms with Crippen molar-refractivity contribution in [3.05, 3.63) is 59.7 Å². The lowest BCUT2D eigenvalue weighted by molar-refractivity contribution is 0.249. The fourth-order valence-corrected chi connectivity index (χ4v) is 3.95. The lowest BCUT2D eigenvalue weighted by atomic mass is 10.2. The average molecular weight is 556 g/mol. The molecule has 2 rings (SSSR count). The number of urea groups is 1. The molecule has 0 aliphatic rings. The van der Waals surface area contributed by atoms with Crippen molar-refractivity contribution in [2.45, 2.75) is 6.61 Å². The molecule has 0 unspecified atom stereocenters. The van der Waals surface area contributed by atoms with E-state index in [0.717, 1.165) is 24.0 Å². The summed E-state index contributed by atoms with van der Waals surface area (Å²) in [4.78, 5) is 10.6. The second-order valence-corrected chi connectivity index (χ2v) is 7.22. The lowest BCUT2D eigenvalue weighted by Gasteiger charge is -2.11. The maximum Gasteiger partial charge on any atom is 0.332 e. The van der Waals surface area contributed by atoms with Crippen LogP contribution in [0.25, 0.3) is 0 Å². The zero-order valence-electron chi connectivity index (χ0n) is 11.7. The predicted octanol–water partition coefficient (Wildman–Crippen LogP) is 4.13. The molecule has 0 spiro atoms. The Labute approximate surface area is 165 Å². The smallest absolute Gasteiger partial charge is 0.332 e. The molecule has 0 atom stereocenters. The number of rotatable bonds is 5. The van der Waals surface area contributed by atoms with Crippen molar-refractivity contribution in [1.29, 1.82) is 0 Å². The summed E-state index contributed by atoms with van der Waals surface area (Å²) in [6.07, 6.45) is 1.53. The summed E-state index contributed by atoms with van der Waals surface area (Å²) in [5.74, 6) is 0.807. The number of primary amides is 1. The maximum atomic E-state index is 10.6. The molecule has 0 aromatic heterocycles. The Morgan fingerprint density at radius 1 is 1.26 bits per heavy atom. The number of nitrogens with zero attached hydrogens (tertiary/aromatic N) is 1. The summed E-state index contributed by atoms with van der Waals surface area (Å²) in [6, 6.07) is 10.6. The number of benzene rings is 2. The van der Waals surface area contributed by atoms with Gasteiger partial charge in [0, 0.05) is 5.02 Å². The quantitative estimate of drug-likeness (QED) is 0.331. The molecule has 23 heavy (non-hydrogen) atoms. The number of hydrogen-bond donors (Lipinski definition) is 2. The minimum absolute atomic E-state index is 0.458. The van der Waals surface area contributed by atoms with E-state index < -0.39 is 6.03 Å². The Morgan fingerprint density at radius 2 is 1.87 bits per heavy atom. The fourth-order valence-electron chi connectivity index (χ4n) is 1.70. The van der Waals surface area contributed by atoms with E-state index in [-0.39, 0.29) is 0 Å². The van der Waals surface area contributed by atoms with Crippen molar-refractivity contribution in [3.63, 3.8) is 0 Å². The highest BCUT2D eigenvalue weighted by molar-refractivity contribution is 14.1. The van der Waals surface area contributed by atoms with Gasteiger partial charge in [-0.15, -0.1) is 0 Å². The first-order valence-corrected chi connectivity index (χ1v) is 8.94. The number of nitrogens with one attached hydrogen (secondary N) is 1. The van der Waals surface area contributed by atoms with Crippen molar-refractivity contribution in [1.82, 2.24) is 5.43 Å². The van der Waals surface area contributed by atoms with Gasteiger partial charge in [-0.3, -0.25) is 0 Å². The van der Waals surface area contributed by atoms with E-state index in [0.29, 0.717) is 11.6 Å². The average Bonchev–Trinajstić information content (AvgIpc) is 2.48. The van der Waals surface area contributed by atoms with Gasteiger partial charge in [0.25, 0.3) is 0 Å². The molecule has 0 saturated carbocycles. The van der Waals surface area contributed by atoms with E-state index >= 15 is 0 Å². The number of nitrogens with two attached hydrogens (primary N) is 1. The Morgan fingerprint density at radius 3 is 2.43 bits per heavy atom. The number of hydrazone groups is 1. The van der Waals surface area contributed by atoms with Crippen LogP contribution in [0.2, 0.25) is 5.02 Å². The second-order valence-electron chi connectivity index (χ2n) is 4.46. The largest absolute Gasteiger partial charge is 0.487 e. The first-order valence-electron chi connectivity index (χ1n) is 6.40. The summed E-state index contributed by atoms with van der Waals surface area (Å²) >= 11 is 10.3. The van der Waals surface area contributed by atoms with Gasteiger partial charge in [-0.25, -0.2) is 10.2 Å². The van der Waals surface area contributed by atoms with E-state index in [1.807, 2.05) is 36.4 Å².